The zero-order valence-electron chi connectivity index (χ0n) is 13.5. The minimum absolute atomic E-state index is 0.0528. The molecule has 24 heavy (non-hydrogen) atoms. The van der Waals surface area contributed by atoms with E-state index in [2.05, 4.69) is 6.58 Å². The number of carbonyl (C=O) groups excluding carboxylic acids is 1. The highest BCUT2D eigenvalue weighted by atomic mass is 16.7. The first kappa shape index (κ1) is 15.9. The maximum absolute atomic E-state index is 12.5. The van der Waals surface area contributed by atoms with E-state index in [1.807, 2.05) is 18.2 Å². The average Bonchev–Trinajstić information content (AvgIpc) is 3.07. The van der Waals surface area contributed by atoms with Gasteiger partial charge < -0.3 is 19.1 Å². The Balaban J connectivity index is 1.64. The van der Waals surface area contributed by atoms with Crippen LogP contribution in [-0.4, -0.2) is 31.3 Å². The zero-order chi connectivity index (χ0) is 16.9. The molecule has 0 radical (unpaired) electrons. The van der Waals surface area contributed by atoms with Crippen molar-refractivity contribution in [2.24, 2.45) is 0 Å². The van der Waals surface area contributed by atoms with Gasteiger partial charge in [-0.15, -0.1) is 0 Å². The summed E-state index contributed by atoms with van der Waals surface area (Å²) in [5, 5.41) is 0. The Labute approximate surface area is 141 Å². The van der Waals surface area contributed by atoms with Crippen LogP contribution >= 0.6 is 0 Å². The standard InChI is InChI=1S/C19H19NO4/c1-3-10-22-16-7-5-15(6-8-16)19(21)20(2)12-14-4-9-17-18(11-14)24-13-23-17/h3-9,11H,1,10,12-13H2,2H3. The third-order valence-corrected chi connectivity index (χ3v) is 3.67. The van der Waals surface area contributed by atoms with Crippen molar-refractivity contribution < 1.29 is 19.0 Å². The fraction of sp³-hybridized carbons (Fsp3) is 0.211. The molecule has 0 fully saturated rings. The maximum atomic E-state index is 12.5. The molecule has 0 N–H and O–H groups in total. The van der Waals surface area contributed by atoms with Gasteiger partial charge in [-0.1, -0.05) is 18.7 Å². The van der Waals surface area contributed by atoms with Crippen LogP contribution in [-0.2, 0) is 6.54 Å². The summed E-state index contributed by atoms with van der Waals surface area (Å²) in [4.78, 5) is 14.2. The van der Waals surface area contributed by atoms with E-state index < -0.39 is 0 Å². The van der Waals surface area contributed by atoms with Crippen molar-refractivity contribution in [3.63, 3.8) is 0 Å². The second kappa shape index (κ2) is 7.08. The Morgan fingerprint density at radius 1 is 1.21 bits per heavy atom. The lowest BCUT2D eigenvalue weighted by Gasteiger charge is -2.18. The normalized spacial score (nSPS) is 11.9. The third-order valence-electron chi connectivity index (χ3n) is 3.67. The number of amides is 1. The van der Waals surface area contributed by atoms with Gasteiger partial charge in [0.05, 0.1) is 0 Å². The molecule has 3 rings (SSSR count). The first-order valence-corrected chi connectivity index (χ1v) is 7.65. The second-order valence-corrected chi connectivity index (χ2v) is 5.47. The van der Waals surface area contributed by atoms with Crippen molar-refractivity contribution in [2.45, 2.75) is 6.54 Å². The molecule has 1 heterocycles. The number of nitrogens with zero attached hydrogens (tertiary/aromatic N) is 1. The summed E-state index contributed by atoms with van der Waals surface area (Å²) in [5.74, 6) is 2.12. The smallest absolute Gasteiger partial charge is 0.253 e. The topological polar surface area (TPSA) is 48.0 Å². The summed E-state index contributed by atoms with van der Waals surface area (Å²) >= 11 is 0. The highest BCUT2D eigenvalue weighted by Gasteiger charge is 2.16. The molecule has 0 spiro atoms. The number of benzene rings is 2. The van der Waals surface area contributed by atoms with Crippen LogP contribution in [0.3, 0.4) is 0 Å². The lowest BCUT2D eigenvalue weighted by atomic mass is 10.1. The van der Waals surface area contributed by atoms with Gasteiger partial charge >= 0.3 is 0 Å². The van der Waals surface area contributed by atoms with Crippen LogP contribution in [0.4, 0.5) is 0 Å². The van der Waals surface area contributed by atoms with Gasteiger partial charge in [0.25, 0.3) is 5.91 Å². The van der Waals surface area contributed by atoms with Gasteiger partial charge in [0.15, 0.2) is 11.5 Å². The molecule has 0 bridgehead atoms. The Morgan fingerprint density at radius 3 is 2.71 bits per heavy atom. The molecule has 0 unspecified atom stereocenters. The Bertz CT molecular complexity index is 740. The number of hydrogen-bond donors (Lipinski definition) is 0. The van der Waals surface area contributed by atoms with Gasteiger partial charge in [-0.2, -0.15) is 0 Å². The summed E-state index contributed by atoms with van der Waals surface area (Å²) in [6, 6.07) is 12.8. The summed E-state index contributed by atoms with van der Waals surface area (Å²) in [6.45, 7) is 4.78. The molecule has 2 aromatic carbocycles. The van der Waals surface area contributed by atoms with Crippen LogP contribution < -0.4 is 14.2 Å². The molecular weight excluding hydrogens is 306 g/mol. The molecule has 124 valence electrons. The highest BCUT2D eigenvalue weighted by Crippen LogP contribution is 2.32. The number of carbonyl (C=O) groups is 1. The summed E-state index contributed by atoms with van der Waals surface area (Å²) in [5.41, 5.74) is 1.60. The lowest BCUT2D eigenvalue weighted by molar-refractivity contribution is 0.0785. The molecular formula is C19H19NO4. The summed E-state index contributed by atoms with van der Waals surface area (Å²) in [6.07, 6.45) is 1.68. The largest absolute Gasteiger partial charge is 0.490 e. The molecule has 2 aromatic rings. The fourth-order valence-corrected chi connectivity index (χ4v) is 2.45. The van der Waals surface area contributed by atoms with Crippen molar-refractivity contribution in [1.82, 2.24) is 4.90 Å². The van der Waals surface area contributed by atoms with Crippen molar-refractivity contribution in [1.29, 1.82) is 0 Å². The van der Waals surface area contributed by atoms with E-state index in [9.17, 15) is 4.79 Å². The molecule has 0 atom stereocenters. The monoisotopic (exact) mass is 325 g/mol. The number of fused-ring (bicyclic) bond motifs is 1. The van der Waals surface area contributed by atoms with Crippen molar-refractivity contribution >= 4 is 5.91 Å². The van der Waals surface area contributed by atoms with Gasteiger partial charge in [-0.3, -0.25) is 4.79 Å². The Kier molecular flexibility index (Phi) is 4.70. The van der Waals surface area contributed by atoms with Gasteiger partial charge in [0.2, 0.25) is 6.79 Å². The summed E-state index contributed by atoms with van der Waals surface area (Å²) in [7, 11) is 1.77. The van der Waals surface area contributed by atoms with E-state index in [1.54, 1.807) is 42.3 Å². The van der Waals surface area contributed by atoms with Crippen LogP contribution in [0.25, 0.3) is 0 Å². The van der Waals surface area contributed by atoms with E-state index in [1.165, 1.54) is 0 Å². The minimum Gasteiger partial charge on any atom is -0.490 e. The summed E-state index contributed by atoms with van der Waals surface area (Å²) < 4.78 is 16.1. The highest BCUT2D eigenvalue weighted by molar-refractivity contribution is 5.94. The lowest BCUT2D eigenvalue weighted by Crippen LogP contribution is -2.26. The fourth-order valence-electron chi connectivity index (χ4n) is 2.45. The number of rotatable bonds is 6. The van der Waals surface area contributed by atoms with E-state index in [0.717, 1.165) is 17.1 Å². The van der Waals surface area contributed by atoms with Gasteiger partial charge in [0, 0.05) is 19.2 Å². The molecule has 0 saturated carbocycles. The van der Waals surface area contributed by atoms with Crippen LogP contribution in [0.15, 0.2) is 55.1 Å². The quantitative estimate of drug-likeness (QED) is 0.765. The first-order valence-electron chi connectivity index (χ1n) is 7.65. The molecule has 5 nitrogen and oxygen atoms in total. The van der Waals surface area contributed by atoms with Gasteiger partial charge in [-0.05, 0) is 42.0 Å². The minimum atomic E-state index is -0.0528. The van der Waals surface area contributed by atoms with E-state index in [-0.39, 0.29) is 12.7 Å². The molecule has 1 amide bonds. The van der Waals surface area contributed by atoms with E-state index in [0.29, 0.717) is 24.5 Å². The molecule has 5 heteroatoms. The van der Waals surface area contributed by atoms with Gasteiger partial charge in [-0.25, -0.2) is 0 Å². The second-order valence-electron chi connectivity index (χ2n) is 5.47. The van der Waals surface area contributed by atoms with E-state index in [4.69, 9.17) is 14.2 Å². The van der Waals surface area contributed by atoms with Crippen LogP contribution in [0, 0.1) is 0 Å². The molecule has 0 aromatic heterocycles. The van der Waals surface area contributed by atoms with Crippen molar-refractivity contribution in [3.8, 4) is 17.2 Å². The Hall–Kier alpha value is -2.95. The third kappa shape index (κ3) is 3.51. The molecule has 0 aliphatic carbocycles. The van der Waals surface area contributed by atoms with Gasteiger partial charge in [0.1, 0.15) is 12.4 Å². The number of ether oxygens (including phenoxy) is 3. The zero-order valence-corrected chi connectivity index (χ0v) is 13.5. The maximum Gasteiger partial charge on any atom is 0.253 e. The van der Waals surface area contributed by atoms with E-state index >= 15 is 0 Å². The average molecular weight is 325 g/mol. The van der Waals surface area contributed by atoms with Crippen molar-refractivity contribution in [2.75, 3.05) is 20.4 Å². The number of hydrogen-bond acceptors (Lipinski definition) is 4. The van der Waals surface area contributed by atoms with Crippen LogP contribution in [0.2, 0.25) is 0 Å². The van der Waals surface area contributed by atoms with Crippen LogP contribution in [0.5, 0.6) is 17.2 Å². The molecule has 0 saturated heterocycles. The predicted molar refractivity (Wildman–Crippen MR) is 90.5 cm³/mol. The predicted octanol–water partition coefficient (Wildman–Crippen LogP) is 3.25. The van der Waals surface area contributed by atoms with Crippen molar-refractivity contribution in [3.05, 3.63) is 66.2 Å². The first-order chi connectivity index (χ1) is 11.7. The SMILES string of the molecule is C=CCOc1ccc(C(=O)N(C)Cc2ccc3c(c2)OCO3)cc1. The van der Waals surface area contributed by atoms with Crippen LogP contribution in [0.1, 0.15) is 15.9 Å². The Morgan fingerprint density at radius 2 is 1.96 bits per heavy atom. The molecule has 1 aliphatic rings. The molecule has 1 aliphatic heterocycles.